The third-order valence-corrected chi connectivity index (χ3v) is 5.39. The van der Waals surface area contributed by atoms with E-state index in [1.807, 2.05) is 0 Å². The van der Waals surface area contributed by atoms with Crippen molar-refractivity contribution in [2.45, 2.75) is 63.9 Å². The van der Waals surface area contributed by atoms with Crippen LogP contribution in [0.5, 0.6) is 0 Å². The van der Waals surface area contributed by atoms with Crippen LogP contribution in [-0.4, -0.2) is 23.1 Å². The summed E-state index contributed by atoms with van der Waals surface area (Å²) < 4.78 is 7.25. The van der Waals surface area contributed by atoms with Crippen LogP contribution in [0, 0.1) is 3.57 Å². The smallest absolute Gasteiger partial charge is 0.162 e. The minimum atomic E-state index is -0.311. The van der Waals surface area contributed by atoms with E-state index in [0.717, 1.165) is 44.1 Å². The van der Waals surface area contributed by atoms with Crippen molar-refractivity contribution >= 4 is 28.4 Å². The molecule has 5 heteroatoms. The van der Waals surface area contributed by atoms with Crippen molar-refractivity contribution < 1.29 is 4.74 Å². The molecule has 0 radical (unpaired) electrons. The molecule has 116 valence electrons. The molecule has 1 aliphatic heterocycles. The molecule has 1 saturated heterocycles. The van der Waals surface area contributed by atoms with Gasteiger partial charge in [-0.05, 0) is 68.0 Å². The van der Waals surface area contributed by atoms with Gasteiger partial charge in [0.15, 0.2) is 5.82 Å². The highest BCUT2D eigenvalue weighted by atomic mass is 127. The number of nitrogens with zero attached hydrogens (tertiary/aromatic N) is 2. The number of nitrogens with one attached hydrogen (secondary N) is 1. The summed E-state index contributed by atoms with van der Waals surface area (Å²) in [7, 11) is 0. The summed E-state index contributed by atoms with van der Waals surface area (Å²) >= 11 is 2.40. The Morgan fingerprint density at radius 2 is 2.14 bits per heavy atom. The van der Waals surface area contributed by atoms with Gasteiger partial charge >= 0.3 is 0 Å². The molecule has 1 aromatic heterocycles. The fourth-order valence-corrected chi connectivity index (χ4v) is 3.67. The number of aromatic nitrogens is 2. The summed E-state index contributed by atoms with van der Waals surface area (Å²) in [6.45, 7) is 6.10. The molecule has 2 aliphatic rings. The van der Waals surface area contributed by atoms with Crippen LogP contribution in [0.25, 0.3) is 0 Å². The van der Waals surface area contributed by atoms with E-state index in [-0.39, 0.29) is 5.60 Å². The third-order valence-electron chi connectivity index (χ3n) is 4.33. The van der Waals surface area contributed by atoms with Crippen molar-refractivity contribution in [2.75, 3.05) is 18.5 Å². The van der Waals surface area contributed by atoms with Gasteiger partial charge in [0.25, 0.3) is 0 Å². The average molecular weight is 401 g/mol. The van der Waals surface area contributed by atoms with Crippen molar-refractivity contribution in [3.05, 3.63) is 15.1 Å². The number of ether oxygens (including phenoxy) is 1. The van der Waals surface area contributed by atoms with E-state index in [2.05, 4.69) is 41.8 Å². The maximum absolute atomic E-state index is 6.05. The molecule has 21 heavy (non-hydrogen) atoms. The highest BCUT2D eigenvalue weighted by molar-refractivity contribution is 14.1. The second kappa shape index (κ2) is 6.36. The molecule has 3 rings (SSSR count). The summed E-state index contributed by atoms with van der Waals surface area (Å²) in [5.74, 6) is 2.51. The molecular formula is C16H24IN3O. The lowest BCUT2D eigenvalue weighted by Gasteiger charge is -2.33. The van der Waals surface area contributed by atoms with Crippen LogP contribution in [0.2, 0.25) is 0 Å². The zero-order chi connectivity index (χ0) is 14.9. The monoisotopic (exact) mass is 401 g/mol. The third kappa shape index (κ3) is 3.33. The van der Waals surface area contributed by atoms with Crippen LogP contribution in [0.1, 0.15) is 69.8 Å². The fourth-order valence-electron chi connectivity index (χ4n) is 2.80. The lowest BCUT2D eigenvalue weighted by molar-refractivity contribution is -0.0761. The minimum absolute atomic E-state index is 0.311. The van der Waals surface area contributed by atoms with Crippen molar-refractivity contribution in [2.24, 2.45) is 0 Å². The van der Waals surface area contributed by atoms with E-state index in [9.17, 15) is 0 Å². The lowest BCUT2D eigenvalue weighted by atomic mass is 9.95. The molecule has 1 aliphatic carbocycles. The van der Waals surface area contributed by atoms with Crippen LogP contribution < -0.4 is 5.32 Å². The van der Waals surface area contributed by atoms with E-state index < -0.39 is 0 Å². The minimum Gasteiger partial charge on any atom is -0.369 e. The first-order chi connectivity index (χ1) is 10.1. The predicted octanol–water partition coefficient (Wildman–Crippen LogP) is 4.20. The van der Waals surface area contributed by atoms with Crippen LogP contribution >= 0.6 is 22.6 Å². The Labute approximate surface area is 140 Å². The van der Waals surface area contributed by atoms with Gasteiger partial charge in [0.2, 0.25) is 0 Å². The molecule has 1 N–H and O–H groups in total. The summed E-state index contributed by atoms with van der Waals surface area (Å²) in [6, 6.07) is 0. The predicted molar refractivity (Wildman–Crippen MR) is 92.7 cm³/mol. The number of halogens is 1. The maximum atomic E-state index is 6.05. The quantitative estimate of drug-likeness (QED) is 0.752. The van der Waals surface area contributed by atoms with Crippen LogP contribution in [-0.2, 0) is 10.3 Å². The zero-order valence-corrected chi connectivity index (χ0v) is 15.1. The summed E-state index contributed by atoms with van der Waals surface area (Å²) in [6.07, 6.45) is 6.99. The van der Waals surface area contributed by atoms with E-state index in [1.54, 1.807) is 0 Å². The molecule has 0 amide bonds. The Balaban J connectivity index is 1.97. The number of hydrogen-bond donors (Lipinski definition) is 1. The first-order valence-corrected chi connectivity index (χ1v) is 9.17. The largest absolute Gasteiger partial charge is 0.369 e. The second-order valence-electron chi connectivity index (χ2n) is 6.33. The van der Waals surface area contributed by atoms with Crippen LogP contribution in [0.3, 0.4) is 0 Å². The zero-order valence-electron chi connectivity index (χ0n) is 12.9. The van der Waals surface area contributed by atoms with Gasteiger partial charge in [-0.3, -0.25) is 0 Å². The molecule has 2 fully saturated rings. The van der Waals surface area contributed by atoms with Crippen molar-refractivity contribution in [3.8, 4) is 0 Å². The first-order valence-electron chi connectivity index (χ1n) is 8.10. The van der Waals surface area contributed by atoms with Crippen LogP contribution in [0.4, 0.5) is 5.82 Å². The molecule has 4 nitrogen and oxygen atoms in total. The van der Waals surface area contributed by atoms with Gasteiger partial charge in [0.05, 0.1) is 9.26 Å². The van der Waals surface area contributed by atoms with E-state index in [0.29, 0.717) is 5.92 Å². The molecule has 0 bridgehead atoms. The van der Waals surface area contributed by atoms with Crippen molar-refractivity contribution in [1.82, 2.24) is 9.97 Å². The van der Waals surface area contributed by atoms with Gasteiger partial charge in [-0.15, -0.1) is 0 Å². The van der Waals surface area contributed by atoms with Gasteiger partial charge in [-0.2, -0.15) is 0 Å². The topological polar surface area (TPSA) is 47.0 Å². The summed E-state index contributed by atoms with van der Waals surface area (Å²) in [5.41, 5.74) is 0.920. The standard InChI is InChI=1S/C16H24IN3O/c1-3-9-18-14-12(17)13(11-6-7-11)19-15(20-14)16(2)8-4-5-10-21-16/h11H,3-10H2,1-2H3,(H,18,19,20). The van der Waals surface area contributed by atoms with Gasteiger partial charge in [-0.1, -0.05) is 6.92 Å². The molecule has 0 spiro atoms. The average Bonchev–Trinajstić information content (AvgIpc) is 3.31. The highest BCUT2D eigenvalue weighted by Gasteiger charge is 2.36. The maximum Gasteiger partial charge on any atom is 0.162 e. The lowest BCUT2D eigenvalue weighted by Crippen LogP contribution is -2.33. The van der Waals surface area contributed by atoms with Crippen LogP contribution in [0.15, 0.2) is 0 Å². The molecule has 1 atom stereocenters. The summed E-state index contributed by atoms with van der Waals surface area (Å²) in [4.78, 5) is 9.74. The molecule has 0 aromatic carbocycles. The Hall–Kier alpha value is -0.430. The fraction of sp³-hybridized carbons (Fsp3) is 0.750. The number of rotatable bonds is 5. The molecular weight excluding hydrogens is 377 g/mol. The normalized spacial score (nSPS) is 25.9. The molecule has 1 aromatic rings. The highest BCUT2D eigenvalue weighted by Crippen LogP contribution is 2.43. The van der Waals surface area contributed by atoms with Gasteiger partial charge in [0, 0.05) is 19.1 Å². The summed E-state index contributed by atoms with van der Waals surface area (Å²) in [5, 5.41) is 3.47. The Kier molecular flexibility index (Phi) is 4.69. The molecule has 1 unspecified atom stereocenters. The van der Waals surface area contributed by atoms with Gasteiger partial charge in [-0.25, -0.2) is 9.97 Å². The Morgan fingerprint density at radius 1 is 1.33 bits per heavy atom. The van der Waals surface area contributed by atoms with Gasteiger partial charge < -0.3 is 10.1 Å². The van der Waals surface area contributed by atoms with Gasteiger partial charge in [0.1, 0.15) is 11.4 Å². The van der Waals surface area contributed by atoms with E-state index in [1.165, 1.54) is 28.5 Å². The van der Waals surface area contributed by atoms with E-state index in [4.69, 9.17) is 14.7 Å². The van der Waals surface area contributed by atoms with E-state index >= 15 is 0 Å². The first kappa shape index (κ1) is 15.5. The SMILES string of the molecule is CCCNc1nc(C2(C)CCCCO2)nc(C2CC2)c1I. The Morgan fingerprint density at radius 3 is 2.76 bits per heavy atom. The second-order valence-corrected chi connectivity index (χ2v) is 7.41. The number of anilines is 1. The Bertz CT molecular complexity index is 510. The number of hydrogen-bond acceptors (Lipinski definition) is 4. The molecule has 2 heterocycles. The molecule has 1 saturated carbocycles. The van der Waals surface area contributed by atoms with Crippen molar-refractivity contribution in [1.29, 1.82) is 0 Å². The van der Waals surface area contributed by atoms with Crippen molar-refractivity contribution in [3.63, 3.8) is 0 Å².